The molecule has 0 N–H and O–H groups in total. The van der Waals surface area contributed by atoms with E-state index in [9.17, 15) is 4.79 Å². The Labute approximate surface area is 131 Å². The van der Waals surface area contributed by atoms with Crippen molar-refractivity contribution in [1.29, 1.82) is 0 Å². The number of aromatic nitrogens is 2. The first-order chi connectivity index (χ1) is 10.2. The van der Waals surface area contributed by atoms with Gasteiger partial charge >= 0.3 is 5.97 Å². The number of imidazole rings is 1. The lowest BCUT2D eigenvalue weighted by Gasteiger charge is -2.17. The van der Waals surface area contributed by atoms with Gasteiger partial charge in [-0.05, 0) is 25.7 Å². The number of unbranched alkanes of at least 4 members (excludes halogenated alkanes) is 3. The van der Waals surface area contributed by atoms with Gasteiger partial charge in [0.1, 0.15) is 12.4 Å². The summed E-state index contributed by atoms with van der Waals surface area (Å²) < 4.78 is 43.1. The van der Waals surface area contributed by atoms with Gasteiger partial charge in [0.05, 0.1) is 20.2 Å². The molecule has 0 unspecified atom stereocenters. The maximum absolute atomic E-state index is 10.7. The van der Waals surface area contributed by atoms with Crippen LogP contribution in [-0.4, -0.2) is 17.1 Å². The molecule has 0 saturated heterocycles. The van der Waals surface area contributed by atoms with Crippen molar-refractivity contribution in [2.24, 2.45) is 7.05 Å². The van der Waals surface area contributed by atoms with E-state index in [1.165, 1.54) is 6.08 Å². The minimum absolute atomic E-state index is 0.329. The number of hydrogen-bond acceptors (Lipinski definition) is 6. The van der Waals surface area contributed by atoms with Crippen LogP contribution >= 0.6 is 0 Å². The summed E-state index contributed by atoms with van der Waals surface area (Å²) in [6, 6.07) is 0. The minimum Gasteiger partial charge on any atom is -0.463 e. The molecule has 1 aromatic heterocycles. The van der Waals surface area contributed by atoms with Crippen molar-refractivity contribution in [1.82, 2.24) is 4.57 Å². The van der Waals surface area contributed by atoms with Gasteiger partial charge < -0.3 is 4.74 Å². The molecule has 1 heterocycles. The van der Waals surface area contributed by atoms with Crippen LogP contribution in [0.1, 0.15) is 25.7 Å². The zero-order valence-corrected chi connectivity index (χ0v) is 13.2. The number of hydrogen-bond donors (Lipinski definition) is 0. The molecule has 0 atom stereocenters. The van der Waals surface area contributed by atoms with Crippen LogP contribution in [0.15, 0.2) is 31.4 Å². The number of rotatable bonds is 8. The second-order valence-corrected chi connectivity index (χ2v) is 5.24. The van der Waals surface area contributed by atoms with Gasteiger partial charge in [-0.3, -0.25) is 0 Å². The molecule has 126 valence electrons. The van der Waals surface area contributed by atoms with Crippen LogP contribution in [0.2, 0.25) is 0 Å². The van der Waals surface area contributed by atoms with Crippen LogP contribution in [0.25, 0.3) is 0 Å². The average molecular weight is 337 g/mol. The van der Waals surface area contributed by atoms with Crippen molar-refractivity contribution < 1.29 is 43.0 Å². The standard InChI is InChI=1S/C13H21N2O2.ClHO4/c1-3-13(16)17-11-7-5-4-6-8-15-10-9-14(2)12-15;2-1(3,4)5/h3,9-10,12H,1,4-8,11H2,2H3;(H,2,3,4,5)/q+1;/p-1. The molecule has 1 aromatic rings. The van der Waals surface area contributed by atoms with Gasteiger partial charge in [-0.25, -0.2) is 32.6 Å². The van der Waals surface area contributed by atoms with Gasteiger partial charge in [-0.2, -0.15) is 0 Å². The summed E-state index contributed by atoms with van der Waals surface area (Å²) in [6.45, 7) is 4.90. The smallest absolute Gasteiger partial charge is 0.330 e. The second kappa shape index (κ2) is 11.2. The number of ether oxygens (including phenoxy) is 1. The van der Waals surface area contributed by atoms with Gasteiger partial charge in [0.25, 0.3) is 0 Å². The number of esters is 1. The molecule has 0 spiro atoms. The van der Waals surface area contributed by atoms with Gasteiger partial charge in [-0.15, -0.1) is 10.2 Å². The maximum Gasteiger partial charge on any atom is 0.330 e. The summed E-state index contributed by atoms with van der Waals surface area (Å²) >= 11 is 0. The molecule has 0 saturated carbocycles. The van der Waals surface area contributed by atoms with Crippen LogP contribution in [0.4, 0.5) is 0 Å². The monoisotopic (exact) mass is 336 g/mol. The molecule has 0 radical (unpaired) electrons. The van der Waals surface area contributed by atoms with Crippen molar-refractivity contribution in [2.45, 2.75) is 32.2 Å². The van der Waals surface area contributed by atoms with Gasteiger partial charge in [-0.1, -0.05) is 6.58 Å². The van der Waals surface area contributed by atoms with E-state index in [2.05, 4.69) is 23.7 Å². The highest BCUT2D eigenvalue weighted by atomic mass is 35.7. The Hall–Kier alpha value is -1.45. The van der Waals surface area contributed by atoms with Crippen LogP contribution in [0, 0.1) is 10.2 Å². The van der Waals surface area contributed by atoms with E-state index in [-0.39, 0.29) is 5.97 Å². The van der Waals surface area contributed by atoms with Crippen LogP contribution in [-0.2, 0) is 23.1 Å². The van der Waals surface area contributed by atoms with Crippen LogP contribution in [0.5, 0.6) is 0 Å². The van der Waals surface area contributed by atoms with E-state index in [0.29, 0.717) is 6.61 Å². The molecular weight excluding hydrogens is 316 g/mol. The number of nitrogens with zero attached hydrogens (tertiary/aromatic N) is 2. The molecule has 0 bridgehead atoms. The normalized spacial score (nSPS) is 10.6. The summed E-state index contributed by atoms with van der Waals surface area (Å²) in [5.41, 5.74) is 0. The Balaban J connectivity index is 0.000000763. The molecule has 9 heteroatoms. The molecule has 8 nitrogen and oxygen atoms in total. The summed E-state index contributed by atoms with van der Waals surface area (Å²) in [5, 5.41) is 0. The average Bonchev–Trinajstić information content (AvgIpc) is 2.81. The van der Waals surface area contributed by atoms with Crippen molar-refractivity contribution in [3.05, 3.63) is 31.4 Å². The molecule has 0 fully saturated rings. The Morgan fingerprint density at radius 1 is 1.27 bits per heavy atom. The Kier molecular flexibility index (Phi) is 10.4. The predicted octanol–water partition coefficient (Wildman–Crippen LogP) is -3.15. The molecule has 0 aliphatic carbocycles. The molecule has 0 aliphatic rings. The molecule has 1 rings (SSSR count). The lowest BCUT2D eigenvalue weighted by atomic mass is 10.2. The van der Waals surface area contributed by atoms with Crippen molar-refractivity contribution >= 4 is 5.97 Å². The Bertz CT molecular complexity index is 438. The predicted molar refractivity (Wildman–Crippen MR) is 65.2 cm³/mol. The van der Waals surface area contributed by atoms with Gasteiger partial charge in [0, 0.05) is 6.08 Å². The minimum atomic E-state index is -4.94. The zero-order chi connectivity index (χ0) is 17.0. The molecular formula is C13H21ClN2O6. The van der Waals surface area contributed by atoms with E-state index in [0.717, 1.165) is 32.2 Å². The first-order valence-electron chi connectivity index (χ1n) is 6.64. The van der Waals surface area contributed by atoms with E-state index in [1.807, 2.05) is 17.8 Å². The van der Waals surface area contributed by atoms with Gasteiger partial charge in [0.15, 0.2) is 0 Å². The first-order valence-corrected chi connectivity index (χ1v) is 7.88. The zero-order valence-electron chi connectivity index (χ0n) is 12.5. The second-order valence-electron chi connectivity index (χ2n) is 4.48. The highest BCUT2D eigenvalue weighted by Gasteiger charge is 1.99. The third-order valence-corrected chi connectivity index (χ3v) is 2.55. The van der Waals surface area contributed by atoms with Crippen molar-refractivity contribution in [2.75, 3.05) is 6.61 Å². The number of halogens is 1. The Morgan fingerprint density at radius 2 is 1.86 bits per heavy atom. The highest BCUT2D eigenvalue weighted by Crippen LogP contribution is 2.02. The molecule has 0 aliphatic heterocycles. The lowest BCUT2D eigenvalue weighted by Crippen LogP contribution is -2.68. The fourth-order valence-electron chi connectivity index (χ4n) is 1.62. The fraction of sp³-hybridized carbons (Fsp3) is 0.538. The summed E-state index contributed by atoms with van der Waals surface area (Å²) in [5.74, 6) is -0.329. The van der Waals surface area contributed by atoms with E-state index in [1.54, 1.807) is 0 Å². The summed E-state index contributed by atoms with van der Waals surface area (Å²) in [6.07, 6.45) is 11.7. The van der Waals surface area contributed by atoms with E-state index in [4.69, 9.17) is 23.4 Å². The number of aryl methyl sites for hydroxylation is 2. The van der Waals surface area contributed by atoms with Gasteiger partial charge in [0.2, 0.25) is 6.33 Å². The largest absolute Gasteiger partial charge is 0.463 e. The van der Waals surface area contributed by atoms with Crippen LogP contribution in [0.3, 0.4) is 0 Å². The Morgan fingerprint density at radius 3 is 2.36 bits per heavy atom. The van der Waals surface area contributed by atoms with Crippen molar-refractivity contribution in [3.8, 4) is 0 Å². The quantitative estimate of drug-likeness (QED) is 0.213. The highest BCUT2D eigenvalue weighted by molar-refractivity contribution is 5.81. The summed E-state index contributed by atoms with van der Waals surface area (Å²) in [7, 11) is -2.93. The molecule has 0 aromatic carbocycles. The van der Waals surface area contributed by atoms with E-state index < -0.39 is 10.2 Å². The third kappa shape index (κ3) is 14.9. The third-order valence-electron chi connectivity index (χ3n) is 2.55. The van der Waals surface area contributed by atoms with Crippen molar-refractivity contribution in [3.63, 3.8) is 0 Å². The maximum atomic E-state index is 10.7. The topological polar surface area (TPSA) is 127 Å². The van der Waals surface area contributed by atoms with Crippen LogP contribution < -0.4 is 23.2 Å². The fourth-order valence-corrected chi connectivity index (χ4v) is 1.62. The number of carbonyl (C=O) groups excluding carboxylic acids is 1. The van der Waals surface area contributed by atoms with E-state index >= 15 is 0 Å². The molecule has 0 amide bonds. The first kappa shape index (κ1) is 20.6. The summed E-state index contributed by atoms with van der Waals surface area (Å²) in [4.78, 5) is 10.7. The molecule has 22 heavy (non-hydrogen) atoms. The lowest BCUT2D eigenvalue weighted by molar-refractivity contribution is -2.00. The number of carbonyl (C=O) groups is 1. The SMILES string of the molecule is C=CC(=O)OCCCCCCn1cc[n+](C)c1.[O-][Cl+3]([O-])([O-])[O-].